The van der Waals surface area contributed by atoms with Gasteiger partial charge in [-0.25, -0.2) is 0 Å². The number of carbonyl (C=O) groups excluding carboxylic acids is 1. The minimum atomic E-state index is -0.988. The summed E-state index contributed by atoms with van der Waals surface area (Å²) in [6.07, 6.45) is 5.11. The smallest absolute Gasteiger partial charge is 0.223 e. The second-order valence-electron chi connectivity index (χ2n) is 10.7. The summed E-state index contributed by atoms with van der Waals surface area (Å²) in [5, 5.41) is 35.7. The van der Waals surface area contributed by atoms with Gasteiger partial charge in [-0.05, 0) is 80.3 Å². The van der Waals surface area contributed by atoms with Crippen LogP contribution in [-0.4, -0.2) is 50.9 Å². The predicted octanol–water partition coefficient (Wildman–Crippen LogP) is 2.83. The standard InChI is InChI=1S/C27H32N2O4/c30-21-8-7-18-11-24-27(33)14-20(25(32)28-15-19-3-1-2-4-23(19)31)13-26(27,22(18)12-21)9-10-29(24)16-17-5-6-17/h1-4,7-8,12,17,20,24,30-31,33H,5-6,9-11,13-16H2,(H,28,32)/t20-,24-,26-,27-/m1/s1. The Hall–Kier alpha value is -2.57. The van der Waals surface area contributed by atoms with Crippen LogP contribution >= 0.6 is 0 Å². The second kappa shape index (κ2) is 7.47. The lowest BCUT2D eigenvalue weighted by atomic mass is 9.56. The van der Waals surface area contributed by atoms with Crippen molar-refractivity contribution in [1.82, 2.24) is 10.2 Å². The van der Waals surface area contributed by atoms with Gasteiger partial charge in [-0.15, -0.1) is 0 Å². The van der Waals surface area contributed by atoms with E-state index in [0.29, 0.717) is 18.4 Å². The molecule has 4 aliphatic rings. The first-order chi connectivity index (χ1) is 15.9. The minimum Gasteiger partial charge on any atom is -0.508 e. The highest BCUT2D eigenvalue weighted by molar-refractivity contribution is 5.80. The molecule has 174 valence electrons. The van der Waals surface area contributed by atoms with Crippen LogP contribution in [0.2, 0.25) is 0 Å². The highest BCUT2D eigenvalue weighted by Gasteiger charge is 2.68. The van der Waals surface area contributed by atoms with Crippen molar-refractivity contribution in [3.05, 3.63) is 59.2 Å². The van der Waals surface area contributed by atoms with E-state index in [-0.39, 0.29) is 35.9 Å². The Labute approximate surface area is 194 Å². The van der Waals surface area contributed by atoms with E-state index in [9.17, 15) is 20.1 Å². The highest BCUT2D eigenvalue weighted by Crippen LogP contribution is 2.62. The number of hydrogen-bond acceptors (Lipinski definition) is 5. The lowest BCUT2D eigenvalue weighted by Crippen LogP contribution is -2.69. The number of aromatic hydroxyl groups is 2. The van der Waals surface area contributed by atoms with Gasteiger partial charge in [0, 0.05) is 36.0 Å². The fourth-order valence-electron chi connectivity index (χ4n) is 7.00. The average Bonchev–Trinajstić information content (AvgIpc) is 3.54. The molecule has 0 unspecified atom stereocenters. The Bertz CT molecular complexity index is 1100. The van der Waals surface area contributed by atoms with Gasteiger partial charge in [0.15, 0.2) is 0 Å². The van der Waals surface area contributed by atoms with Gasteiger partial charge >= 0.3 is 0 Å². The molecule has 0 aromatic heterocycles. The van der Waals surface area contributed by atoms with Gasteiger partial charge in [0.25, 0.3) is 0 Å². The van der Waals surface area contributed by atoms with E-state index in [4.69, 9.17) is 0 Å². The largest absolute Gasteiger partial charge is 0.508 e. The van der Waals surface area contributed by atoms with Crippen LogP contribution in [0.15, 0.2) is 42.5 Å². The first-order valence-corrected chi connectivity index (χ1v) is 12.2. The van der Waals surface area contributed by atoms with Crippen molar-refractivity contribution in [1.29, 1.82) is 0 Å². The van der Waals surface area contributed by atoms with Crippen LogP contribution in [0.1, 0.15) is 48.8 Å². The Balaban J connectivity index is 1.31. The fourth-order valence-corrected chi connectivity index (χ4v) is 7.00. The molecule has 0 spiro atoms. The number of nitrogens with zero attached hydrogens (tertiary/aromatic N) is 1. The van der Waals surface area contributed by atoms with Crippen LogP contribution in [0, 0.1) is 11.8 Å². The van der Waals surface area contributed by atoms with E-state index in [2.05, 4.69) is 10.2 Å². The third-order valence-electron chi connectivity index (χ3n) is 8.83. The molecule has 2 bridgehead atoms. The van der Waals surface area contributed by atoms with Gasteiger partial charge in [-0.1, -0.05) is 24.3 Å². The molecule has 0 radical (unpaired) electrons. The molecular formula is C27H32N2O4. The molecule has 3 fully saturated rings. The van der Waals surface area contributed by atoms with Crippen LogP contribution in [0.4, 0.5) is 0 Å². The second-order valence-corrected chi connectivity index (χ2v) is 10.7. The molecule has 1 aliphatic heterocycles. The van der Waals surface area contributed by atoms with E-state index in [1.54, 1.807) is 24.3 Å². The van der Waals surface area contributed by atoms with Crippen LogP contribution in [0.5, 0.6) is 11.5 Å². The zero-order valence-electron chi connectivity index (χ0n) is 18.8. The van der Waals surface area contributed by atoms with Gasteiger partial charge in [0.2, 0.25) is 5.91 Å². The first kappa shape index (κ1) is 21.0. The lowest BCUT2D eigenvalue weighted by Gasteiger charge is -2.59. The van der Waals surface area contributed by atoms with Crippen molar-refractivity contribution in [2.75, 3.05) is 13.1 Å². The van der Waals surface area contributed by atoms with Crippen LogP contribution in [-0.2, 0) is 23.2 Å². The fraction of sp³-hybridized carbons (Fsp3) is 0.519. The molecule has 1 saturated heterocycles. The average molecular weight is 449 g/mol. The molecule has 2 aromatic rings. The van der Waals surface area contributed by atoms with Crippen molar-refractivity contribution < 1.29 is 20.1 Å². The maximum atomic E-state index is 13.3. The quantitative estimate of drug-likeness (QED) is 0.565. The topological polar surface area (TPSA) is 93.0 Å². The van der Waals surface area contributed by atoms with E-state index in [1.807, 2.05) is 18.2 Å². The number of carbonyl (C=O) groups is 1. The number of para-hydroxylation sites is 1. The number of aliphatic hydroxyl groups is 1. The molecule has 4 N–H and O–H groups in total. The molecule has 3 aliphatic carbocycles. The molecular weight excluding hydrogens is 416 g/mol. The van der Waals surface area contributed by atoms with Crippen molar-refractivity contribution in [2.24, 2.45) is 11.8 Å². The summed E-state index contributed by atoms with van der Waals surface area (Å²) in [6, 6.07) is 12.6. The number of amides is 1. The maximum Gasteiger partial charge on any atom is 0.223 e. The summed E-state index contributed by atoms with van der Waals surface area (Å²) in [5.41, 5.74) is 1.41. The van der Waals surface area contributed by atoms with Gasteiger partial charge in [0.1, 0.15) is 11.5 Å². The summed E-state index contributed by atoms with van der Waals surface area (Å²) < 4.78 is 0. The van der Waals surface area contributed by atoms with E-state index >= 15 is 0 Å². The lowest BCUT2D eigenvalue weighted by molar-refractivity contribution is -0.134. The molecule has 1 amide bonds. The number of phenolic OH excluding ortho intramolecular Hbond substituents is 2. The minimum absolute atomic E-state index is 0.000129. The highest BCUT2D eigenvalue weighted by atomic mass is 16.3. The Morgan fingerprint density at radius 2 is 1.94 bits per heavy atom. The van der Waals surface area contributed by atoms with Crippen molar-refractivity contribution in [2.45, 2.75) is 62.1 Å². The summed E-state index contributed by atoms with van der Waals surface area (Å²) in [4.78, 5) is 15.8. The SMILES string of the molecule is O=C(NCc1ccccc1O)[C@@H]1C[C@]23CCN(CC4CC4)[C@H](Cc4ccc(O)cc42)[C@]3(O)C1. The van der Waals surface area contributed by atoms with Gasteiger partial charge in [-0.3, -0.25) is 9.69 Å². The summed E-state index contributed by atoms with van der Waals surface area (Å²) in [6.45, 7) is 2.22. The molecule has 2 saturated carbocycles. The van der Waals surface area contributed by atoms with E-state index in [1.165, 1.54) is 18.4 Å². The molecule has 1 heterocycles. The summed E-state index contributed by atoms with van der Waals surface area (Å²) in [7, 11) is 0. The zero-order valence-corrected chi connectivity index (χ0v) is 18.8. The monoisotopic (exact) mass is 448 g/mol. The number of piperidine rings is 1. The molecule has 6 heteroatoms. The predicted molar refractivity (Wildman–Crippen MR) is 124 cm³/mol. The third-order valence-corrected chi connectivity index (χ3v) is 8.83. The number of benzene rings is 2. The van der Waals surface area contributed by atoms with E-state index in [0.717, 1.165) is 37.4 Å². The Kier molecular flexibility index (Phi) is 4.75. The molecule has 6 nitrogen and oxygen atoms in total. The molecule has 4 atom stereocenters. The molecule has 2 aromatic carbocycles. The number of phenols is 2. The van der Waals surface area contributed by atoms with Crippen LogP contribution in [0.25, 0.3) is 0 Å². The summed E-state index contributed by atoms with van der Waals surface area (Å²) in [5.74, 6) is 0.748. The molecule has 6 rings (SSSR count). The number of nitrogens with one attached hydrogen (secondary N) is 1. The van der Waals surface area contributed by atoms with Crippen molar-refractivity contribution in [3.63, 3.8) is 0 Å². The number of fused-ring (bicyclic) bond motifs is 1. The van der Waals surface area contributed by atoms with Crippen LogP contribution in [0.3, 0.4) is 0 Å². The number of hydrogen-bond donors (Lipinski definition) is 4. The maximum absolute atomic E-state index is 13.3. The van der Waals surface area contributed by atoms with Gasteiger partial charge in [0.05, 0.1) is 5.60 Å². The van der Waals surface area contributed by atoms with Gasteiger partial charge in [-0.2, -0.15) is 0 Å². The zero-order chi connectivity index (χ0) is 22.8. The number of likely N-dealkylation sites (tertiary alicyclic amines) is 1. The Morgan fingerprint density at radius 3 is 2.73 bits per heavy atom. The molecule has 33 heavy (non-hydrogen) atoms. The van der Waals surface area contributed by atoms with Gasteiger partial charge < -0.3 is 20.6 Å². The van der Waals surface area contributed by atoms with E-state index < -0.39 is 11.0 Å². The first-order valence-electron chi connectivity index (χ1n) is 12.2. The summed E-state index contributed by atoms with van der Waals surface area (Å²) >= 11 is 0. The number of rotatable bonds is 5. The van der Waals surface area contributed by atoms with Crippen molar-refractivity contribution >= 4 is 5.91 Å². The van der Waals surface area contributed by atoms with Crippen LogP contribution < -0.4 is 5.32 Å². The van der Waals surface area contributed by atoms with Crippen molar-refractivity contribution in [3.8, 4) is 11.5 Å². The normalized spacial score (nSPS) is 32.8. The third kappa shape index (κ3) is 3.26. The Morgan fingerprint density at radius 1 is 1.12 bits per heavy atom.